The molecule has 0 aromatic heterocycles. The Morgan fingerprint density at radius 1 is 1.22 bits per heavy atom. The van der Waals surface area contributed by atoms with Crippen LogP contribution in [0.4, 0.5) is 0 Å². The van der Waals surface area contributed by atoms with Crippen molar-refractivity contribution in [1.29, 1.82) is 0 Å². The van der Waals surface area contributed by atoms with Gasteiger partial charge in [0.15, 0.2) is 0 Å². The Balaban J connectivity index is 1.49. The van der Waals surface area contributed by atoms with Gasteiger partial charge in [0.25, 0.3) is 5.91 Å². The van der Waals surface area contributed by atoms with E-state index in [-0.39, 0.29) is 17.2 Å². The minimum atomic E-state index is -0.321. The van der Waals surface area contributed by atoms with Crippen molar-refractivity contribution < 1.29 is 19.4 Å². The van der Waals surface area contributed by atoms with Crippen molar-refractivity contribution in [2.24, 2.45) is 0 Å². The molecule has 0 aliphatic carbocycles. The number of amides is 1. The van der Waals surface area contributed by atoms with E-state index < -0.39 is 0 Å². The average molecular weight is 435 g/mol. The van der Waals surface area contributed by atoms with Gasteiger partial charge in [0, 0.05) is 30.7 Å². The smallest absolute Gasteiger partial charge is 0.255 e. The third-order valence-corrected chi connectivity index (χ3v) is 4.83. The summed E-state index contributed by atoms with van der Waals surface area (Å²) >= 11 is 3.26. The van der Waals surface area contributed by atoms with Crippen molar-refractivity contribution in [3.63, 3.8) is 0 Å². The number of ether oxygens (including phenoxy) is 2. The van der Waals surface area contributed by atoms with Gasteiger partial charge in [-0.3, -0.25) is 9.69 Å². The third-order valence-electron chi connectivity index (χ3n) is 4.34. The number of phenols is 1. The number of nitrogens with zero attached hydrogens (tertiary/aromatic N) is 1. The van der Waals surface area contributed by atoms with Crippen LogP contribution in [0, 0.1) is 0 Å². The summed E-state index contributed by atoms with van der Waals surface area (Å²) in [4.78, 5) is 14.6. The molecule has 0 bridgehead atoms. The lowest BCUT2D eigenvalue weighted by Gasteiger charge is -2.26. The Morgan fingerprint density at radius 2 is 2.04 bits per heavy atom. The lowest BCUT2D eigenvalue weighted by atomic mass is 10.1. The van der Waals surface area contributed by atoms with E-state index in [0.717, 1.165) is 48.6 Å². The van der Waals surface area contributed by atoms with Gasteiger partial charge in [-0.05, 0) is 35.9 Å². The fourth-order valence-electron chi connectivity index (χ4n) is 2.84. The molecule has 1 aliphatic heterocycles. The number of rotatable bonds is 7. The summed E-state index contributed by atoms with van der Waals surface area (Å²) in [5, 5.41) is 12.7. The molecule has 0 saturated carbocycles. The van der Waals surface area contributed by atoms with E-state index in [0.29, 0.717) is 13.2 Å². The molecule has 1 saturated heterocycles. The van der Waals surface area contributed by atoms with Gasteiger partial charge in [0.05, 0.1) is 18.8 Å². The standard InChI is InChI=1S/C20H23BrN2O4/c21-16-4-5-18(19(24)13-16)20(25)22-14-15-2-1-3-17(12-15)27-11-8-23-6-9-26-10-7-23/h1-5,12-13,24H,6-11,14H2,(H,22,25). The van der Waals surface area contributed by atoms with Crippen LogP contribution < -0.4 is 10.1 Å². The minimum absolute atomic E-state index is 0.0536. The van der Waals surface area contributed by atoms with Crippen LogP contribution in [0.15, 0.2) is 46.9 Å². The maximum atomic E-state index is 12.2. The van der Waals surface area contributed by atoms with Gasteiger partial charge in [-0.15, -0.1) is 0 Å². The normalized spacial score (nSPS) is 14.7. The van der Waals surface area contributed by atoms with Gasteiger partial charge in [0.1, 0.15) is 18.1 Å². The number of morpholine rings is 1. The van der Waals surface area contributed by atoms with Gasteiger partial charge in [0.2, 0.25) is 0 Å². The summed E-state index contributed by atoms with van der Waals surface area (Å²) in [5.74, 6) is 0.405. The molecule has 2 N–H and O–H groups in total. The number of aromatic hydroxyl groups is 1. The summed E-state index contributed by atoms with van der Waals surface area (Å²) < 4.78 is 11.9. The minimum Gasteiger partial charge on any atom is -0.507 e. The summed E-state index contributed by atoms with van der Waals surface area (Å²) in [7, 11) is 0. The predicted octanol–water partition coefficient (Wildman–Crippen LogP) is 2.80. The molecule has 3 rings (SSSR count). The number of carbonyl (C=O) groups excluding carboxylic acids is 1. The van der Waals surface area contributed by atoms with Gasteiger partial charge in [-0.2, -0.15) is 0 Å². The van der Waals surface area contributed by atoms with E-state index in [4.69, 9.17) is 9.47 Å². The molecule has 1 fully saturated rings. The average Bonchev–Trinajstić information content (AvgIpc) is 2.67. The Bertz CT molecular complexity index is 778. The van der Waals surface area contributed by atoms with Crippen molar-refractivity contribution in [2.45, 2.75) is 6.54 Å². The predicted molar refractivity (Wildman–Crippen MR) is 106 cm³/mol. The van der Waals surface area contributed by atoms with Crippen molar-refractivity contribution in [1.82, 2.24) is 10.2 Å². The highest BCUT2D eigenvalue weighted by molar-refractivity contribution is 9.10. The van der Waals surface area contributed by atoms with E-state index >= 15 is 0 Å². The van der Waals surface area contributed by atoms with Gasteiger partial charge >= 0.3 is 0 Å². The fourth-order valence-corrected chi connectivity index (χ4v) is 3.19. The van der Waals surface area contributed by atoms with Crippen molar-refractivity contribution in [3.8, 4) is 11.5 Å². The van der Waals surface area contributed by atoms with Crippen LogP contribution in [0.1, 0.15) is 15.9 Å². The molecular formula is C20H23BrN2O4. The summed E-state index contributed by atoms with van der Waals surface area (Å²) in [6.45, 7) is 5.29. The first-order valence-electron chi connectivity index (χ1n) is 8.90. The number of hydrogen-bond acceptors (Lipinski definition) is 5. The highest BCUT2D eigenvalue weighted by Gasteiger charge is 2.12. The van der Waals surface area contributed by atoms with Gasteiger partial charge < -0.3 is 19.9 Å². The molecule has 0 radical (unpaired) electrons. The van der Waals surface area contributed by atoms with E-state index in [9.17, 15) is 9.90 Å². The van der Waals surface area contributed by atoms with Crippen molar-refractivity contribution in [2.75, 3.05) is 39.5 Å². The first kappa shape index (κ1) is 19.7. The molecule has 1 amide bonds. The number of nitrogens with one attached hydrogen (secondary N) is 1. The Kier molecular flexibility index (Phi) is 7.09. The van der Waals surface area contributed by atoms with Crippen molar-refractivity contribution >= 4 is 21.8 Å². The molecule has 1 heterocycles. The largest absolute Gasteiger partial charge is 0.507 e. The Morgan fingerprint density at radius 3 is 2.81 bits per heavy atom. The highest BCUT2D eigenvalue weighted by Crippen LogP contribution is 2.22. The fraction of sp³-hybridized carbons (Fsp3) is 0.350. The van der Waals surface area contributed by atoms with E-state index in [1.165, 1.54) is 6.07 Å². The van der Waals surface area contributed by atoms with Crippen LogP contribution in [0.25, 0.3) is 0 Å². The maximum absolute atomic E-state index is 12.2. The van der Waals surface area contributed by atoms with Crippen LogP contribution >= 0.6 is 15.9 Å². The zero-order chi connectivity index (χ0) is 19.1. The van der Waals surface area contributed by atoms with E-state index in [1.807, 2.05) is 24.3 Å². The Hall–Kier alpha value is -2.09. The van der Waals surface area contributed by atoms with Crippen LogP contribution in [0.2, 0.25) is 0 Å². The number of hydrogen-bond donors (Lipinski definition) is 2. The molecule has 2 aromatic rings. The van der Waals surface area contributed by atoms with Crippen LogP contribution in [0.5, 0.6) is 11.5 Å². The quantitative estimate of drug-likeness (QED) is 0.700. The topological polar surface area (TPSA) is 71.0 Å². The molecule has 7 heteroatoms. The number of phenolic OH excluding ortho intramolecular Hbond substituents is 1. The molecular weight excluding hydrogens is 412 g/mol. The highest BCUT2D eigenvalue weighted by atomic mass is 79.9. The van der Waals surface area contributed by atoms with Gasteiger partial charge in [-0.25, -0.2) is 0 Å². The third kappa shape index (κ3) is 5.95. The zero-order valence-corrected chi connectivity index (χ0v) is 16.6. The van der Waals surface area contributed by atoms with Crippen LogP contribution in [-0.4, -0.2) is 55.4 Å². The first-order chi connectivity index (χ1) is 13.1. The number of benzene rings is 2. The SMILES string of the molecule is O=C(NCc1cccc(OCCN2CCOCC2)c1)c1ccc(Br)cc1O. The summed E-state index contributed by atoms with van der Waals surface area (Å²) in [6, 6.07) is 12.5. The summed E-state index contributed by atoms with van der Waals surface area (Å²) in [5.41, 5.74) is 1.18. The van der Waals surface area contributed by atoms with E-state index in [1.54, 1.807) is 12.1 Å². The molecule has 144 valence electrons. The zero-order valence-electron chi connectivity index (χ0n) is 15.0. The number of halogens is 1. The molecule has 0 atom stereocenters. The molecule has 6 nitrogen and oxygen atoms in total. The second-order valence-corrected chi connectivity index (χ2v) is 7.21. The summed E-state index contributed by atoms with van der Waals surface area (Å²) in [6.07, 6.45) is 0. The van der Waals surface area contributed by atoms with Crippen LogP contribution in [-0.2, 0) is 11.3 Å². The van der Waals surface area contributed by atoms with Crippen molar-refractivity contribution in [3.05, 3.63) is 58.1 Å². The van der Waals surface area contributed by atoms with Crippen LogP contribution in [0.3, 0.4) is 0 Å². The molecule has 2 aromatic carbocycles. The van der Waals surface area contributed by atoms with E-state index in [2.05, 4.69) is 26.1 Å². The molecule has 0 spiro atoms. The first-order valence-corrected chi connectivity index (χ1v) is 9.70. The maximum Gasteiger partial charge on any atom is 0.255 e. The second kappa shape index (κ2) is 9.73. The lowest BCUT2D eigenvalue weighted by molar-refractivity contribution is 0.0322. The second-order valence-electron chi connectivity index (χ2n) is 6.29. The lowest BCUT2D eigenvalue weighted by Crippen LogP contribution is -2.38. The molecule has 0 unspecified atom stereocenters. The number of carbonyl (C=O) groups is 1. The Labute approximate surface area is 167 Å². The molecule has 27 heavy (non-hydrogen) atoms. The monoisotopic (exact) mass is 434 g/mol. The van der Waals surface area contributed by atoms with Gasteiger partial charge in [-0.1, -0.05) is 28.1 Å². The molecule has 1 aliphatic rings.